The number of hydrogen-bond acceptors (Lipinski definition) is 8. The predicted octanol–water partition coefficient (Wildman–Crippen LogP) is 0.0590. The van der Waals surface area contributed by atoms with Crippen molar-refractivity contribution in [2.75, 3.05) is 26.8 Å². The fourth-order valence-electron chi connectivity index (χ4n) is 1.42. The van der Waals surface area contributed by atoms with E-state index >= 15 is 0 Å². The second-order valence-electron chi connectivity index (χ2n) is 3.64. The van der Waals surface area contributed by atoms with Gasteiger partial charge in [-0.3, -0.25) is 0 Å². The molecule has 112 valence electrons. The number of fused-ring (bicyclic) bond motifs is 1. The van der Waals surface area contributed by atoms with Crippen LogP contribution < -0.4 is 0 Å². The average molecular weight is 324 g/mol. The monoisotopic (exact) mass is 324 g/mol. The molecule has 0 bridgehead atoms. The molecule has 0 spiro atoms. The molecule has 8 nitrogen and oxygen atoms in total. The summed E-state index contributed by atoms with van der Waals surface area (Å²) in [6, 6.07) is 4.97. The van der Waals surface area contributed by atoms with Crippen LogP contribution in [0.5, 0.6) is 0 Å². The molecule has 0 aromatic heterocycles. The molecule has 1 aromatic rings. The van der Waals surface area contributed by atoms with Crippen molar-refractivity contribution < 1.29 is 34.7 Å². The highest BCUT2D eigenvalue weighted by Crippen LogP contribution is 2.24. The van der Waals surface area contributed by atoms with E-state index in [9.17, 15) is 16.8 Å². The van der Waals surface area contributed by atoms with Gasteiger partial charge in [-0.2, -0.15) is 16.8 Å². The maximum atomic E-state index is 11.9. The topological polar surface area (TPSA) is 105 Å². The zero-order chi connectivity index (χ0) is 14.6. The summed E-state index contributed by atoms with van der Waals surface area (Å²) in [6.07, 6.45) is 0. The van der Waals surface area contributed by atoms with Gasteiger partial charge in [0.15, 0.2) is 13.6 Å². The third-order valence-corrected chi connectivity index (χ3v) is 5.06. The molecular formula is C10H12O8S2. The molecule has 1 heterocycles. The molecule has 10 heteroatoms. The summed E-state index contributed by atoms with van der Waals surface area (Å²) in [5.74, 6) is 0. The summed E-state index contributed by atoms with van der Waals surface area (Å²) < 4.78 is 66.7. The van der Waals surface area contributed by atoms with Crippen LogP contribution in [0.4, 0.5) is 0 Å². The Morgan fingerprint density at radius 3 is 1.55 bits per heavy atom. The van der Waals surface area contributed by atoms with Crippen molar-refractivity contribution in [3.05, 3.63) is 24.3 Å². The lowest BCUT2D eigenvalue weighted by Gasteiger charge is -2.13. The minimum absolute atomic E-state index is 0.0422. The second kappa shape index (κ2) is 6.16. The van der Waals surface area contributed by atoms with Crippen LogP contribution in [-0.4, -0.2) is 43.6 Å². The Kier molecular flexibility index (Phi) is 4.73. The maximum absolute atomic E-state index is 11.9. The van der Waals surface area contributed by atoms with E-state index in [2.05, 4.69) is 8.37 Å². The zero-order valence-corrected chi connectivity index (χ0v) is 11.9. The molecule has 0 radical (unpaired) electrons. The van der Waals surface area contributed by atoms with Gasteiger partial charge in [-0.1, -0.05) is 12.1 Å². The highest BCUT2D eigenvalue weighted by atomic mass is 32.2. The molecule has 0 unspecified atom stereocenters. The summed E-state index contributed by atoms with van der Waals surface area (Å²) in [7, 11) is -8.53. The SMILES string of the molecule is O=S1(=O)OCOCCOCOS(=O)(=O)c2ccccc21. The molecule has 2 rings (SSSR count). The first-order valence-corrected chi connectivity index (χ1v) is 8.28. The Bertz CT molecular complexity index is 605. The van der Waals surface area contributed by atoms with Gasteiger partial charge in [0.1, 0.15) is 9.79 Å². The quantitative estimate of drug-likeness (QED) is 0.617. The molecule has 0 fully saturated rings. The van der Waals surface area contributed by atoms with Crippen molar-refractivity contribution in [1.29, 1.82) is 0 Å². The van der Waals surface area contributed by atoms with E-state index in [-0.39, 0.29) is 13.2 Å². The van der Waals surface area contributed by atoms with Gasteiger partial charge in [0.25, 0.3) is 0 Å². The van der Waals surface area contributed by atoms with Crippen molar-refractivity contribution in [1.82, 2.24) is 0 Å². The fraction of sp³-hybridized carbons (Fsp3) is 0.400. The van der Waals surface area contributed by atoms with Crippen LogP contribution >= 0.6 is 0 Å². The highest BCUT2D eigenvalue weighted by molar-refractivity contribution is 7.90. The van der Waals surface area contributed by atoms with Gasteiger partial charge in [0.2, 0.25) is 0 Å². The van der Waals surface area contributed by atoms with Gasteiger partial charge >= 0.3 is 20.2 Å². The first kappa shape index (κ1) is 15.4. The van der Waals surface area contributed by atoms with E-state index in [1.807, 2.05) is 0 Å². The van der Waals surface area contributed by atoms with E-state index in [4.69, 9.17) is 9.47 Å². The lowest BCUT2D eigenvalue weighted by atomic mass is 10.4. The van der Waals surface area contributed by atoms with Gasteiger partial charge in [0.05, 0.1) is 13.2 Å². The molecule has 1 aliphatic heterocycles. The van der Waals surface area contributed by atoms with E-state index in [0.29, 0.717) is 0 Å². The molecule has 0 aliphatic carbocycles. The van der Waals surface area contributed by atoms with E-state index in [1.54, 1.807) is 0 Å². The smallest absolute Gasteiger partial charge is 0.300 e. The normalized spacial score (nSPS) is 23.0. The molecule has 1 aliphatic rings. The number of hydrogen-bond donors (Lipinski definition) is 0. The average Bonchev–Trinajstić information content (AvgIpc) is 2.41. The lowest BCUT2D eigenvalue weighted by molar-refractivity contribution is -0.0436. The molecule has 0 atom stereocenters. The van der Waals surface area contributed by atoms with Crippen molar-refractivity contribution >= 4 is 20.2 Å². The van der Waals surface area contributed by atoms with Crippen LogP contribution in [0.15, 0.2) is 34.1 Å². The Balaban J connectivity index is 2.49. The van der Waals surface area contributed by atoms with Crippen molar-refractivity contribution in [3.63, 3.8) is 0 Å². The van der Waals surface area contributed by atoms with Crippen LogP contribution in [0.2, 0.25) is 0 Å². The first-order chi connectivity index (χ1) is 9.43. The maximum Gasteiger partial charge on any atom is 0.300 e. The Morgan fingerprint density at radius 2 is 1.15 bits per heavy atom. The fourth-order valence-corrected chi connectivity index (χ4v) is 3.80. The number of rotatable bonds is 0. The summed E-state index contributed by atoms with van der Waals surface area (Å²) in [5.41, 5.74) is 0. The van der Waals surface area contributed by atoms with Crippen molar-refractivity contribution in [2.45, 2.75) is 9.79 Å². The standard InChI is InChI=1S/C10H12O8S2/c11-19(12)9-3-1-2-4-10(9)20(13,14)18-8-16-6-5-15-7-17-19/h1-4H,5-8H2. The summed E-state index contributed by atoms with van der Waals surface area (Å²) >= 11 is 0. The van der Waals surface area contributed by atoms with Crippen molar-refractivity contribution in [3.8, 4) is 0 Å². The van der Waals surface area contributed by atoms with Crippen LogP contribution in [0.1, 0.15) is 0 Å². The number of benzene rings is 1. The summed E-state index contributed by atoms with van der Waals surface area (Å²) in [5, 5.41) is 0. The number of ether oxygens (including phenoxy) is 2. The molecule has 20 heavy (non-hydrogen) atoms. The second-order valence-corrected chi connectivity index (χ2v) is 6.81. The molecule has 0 N–H and O–H groups in total. The van der Waals surface area contributed by atoms with Gasteiger partial charge in [-0.25, -0.2) is 8.37 Å². The Morgan fingerprint density at radius 1 is 0.750 bits per heavy atom. The van der Waals surface area contributed by atoms with Crippen LogP contribution in [0, 0.1) is 0 Å². The third kappa shape index (κ3) is 3.53. The van der Waals surface area contributed by atoms with E-state index in [0.717, 1.165) is 12.1 Å². The van der Waals surface area contributed by atoms with E-state index < -0.39 is 43.6 Å². The molecule has 0 saturated heterocycles. The molecule has 1 aromatic carbocycles. The molecule has 0 saturated carbocycles. The van der Waals surface area contributed by atoms with Crippen LogP contribution in [0.25, 0.3) is 0 Å². The largest absolute Gasteiger partial charge is 0.352 e. The van der Waals surface area contributed by atoms with Crippen LogP contribution in [-0.2, 0) is 38.1 Å². The molecule has 0 amide bonds. The van der Waals surface area contributed by atoms with E-state index in [1.165, 1.54) is 12.1 Å². The van der Waals surface area contributed by atoms with Crippen LogP contribution in [0.3, 0.4) is 0 Å². The van der Waals surface area contributed by atoms with Gasteiger partial charge in [0, 0.05) is 0 Å². The summed E-state index contributed by atoms with van der Waals surface area (Å²) in [6.45, 7) is -0.969. The highest BCUT2D eigenvalue weighted by Gasteiger charge is 2.28. The molecular weight excluding hydrogens is 312 g/mol. The first-order valence-electron chi connectivity index (χ1n) is 5.47. The minimum atomic E-state index is -4.27. The van der Waals surface area contributed by atoms with Gasteiger partial charge < -0.3 is 9.47 Å². The predicted molar refractivity (Wildman–Crippen MR) is 64.6 cm³/mol. The van der Waals surface area contributed by atoms with Crippen molar-refractivity contribution in [2.24, 2.45) is 0 Å². The zero-order valence-electron chi connectivity index (χ0n) is 10.2. The summed E-state index contributed by atoms with van der Waals surface area (Å²) in [4.78, 5) is -1.02. The van der Waals surface area contributed by atoms with Gasteiger partial charge in [-0.15, -0.1) is 0 Å². The minimum Gasteiger partial charge on any atom is -0.352 e. The Hall–Kier alpha value is -1.04. The Labute approximate surface area is 116 Å². The third-order valence-electron chi connectivity index (χ3n) is 2.33. The van der Waals surface area contributed by atoms with Gasteiger partial charge in [-0.05, 0) is 12.1 Å². The lowest BCUT2D eigenvalue weighted by Crippen LogP contribution is -2.19.